The number of carbonyl (C=O) groups is 3. The van der Waals surface area contributed by atoms with Gasteiger partial charge in [-0.2, -0.15) is 0 Å². The van der Waals surface area contributed by atoms with Gasteiger partial charge in [-0.1, -0.05) is 12.1 Å². The Hall–Kier alpha value is -2.57. The van der Waals surface area contributed by atoms with Crippen LogP contribution in [0.2, 0.25) is 0 Å². The molecule has 1 atom stereocenters. The van der Waals surface area contributed by atoms with E-state index in [1.807, 2.05) is 0 Å². The molecule has 1 saturated heterocycles. The Morgan fingerprint density at radius 3 is 2.33 bits per heavy atom. The van der Waals surface area contributed by atoms with E-state index in [9.17, 15) is 14.4 Å². The maximum absolute atomic E-state index is 12.5. The van der Waals surface area contributed by atoms with Gasteiger partial charge in [-0.05, 0) is 44.4 Å². The minimum absolute atomic E-state index is 0.0898. The highest BCUT2D eigenvalue weighted by Crippen LogP contribution is 2.20. The molecule has 7 heteroatoms. The van der Waals surface area contributed by atoms with Crippen LogP contribution in [0.4, 0.5) is 0 Å². The SMILES string of the molecule is CCOC(=O)C1CCN(C(=O)C(C)OC(=O)Cc2ccc(OC)cc2)CC1. The van der Waals surface area contributed by atoms with E-state index < -0.39 is 12.1 Å². The fourth-order valence-corrected chi connectivity index (χ4v) is 3.05. The zero-order valence-corrected chi connectivity index (χ0v) is 16.1. The van der Waals surface area contributed by atoms with Gasteiger partial charge in [-0.15, -0.1) is 0 Å². The van der Waals surface area contributed by atoms with Crippen LogP contribution in [-0.2, 0) is 30.3 Å². The Balaban J connectivity index is 1.79. The van der Waals surface area contributed by atoms with Crippen molar-refractivity contribution in [3.8, 4) is 5.75 Å². The molecule has 0 bridgehead atoms. The van der Waals surface area contributed by atoms with Crippen LogP contribution in [0.5, 0.6) is 5.75 Å². The fourth-order valence-electron chi connectivity index (χ4n) is 3.05. The van der Waals surface area contributed by atoms with Crippen molar-refractivity contribution in [1.29, 1.82) is 0 Å². The number of nitrogens with zero attached hydrogens (tertiary/aromatic N) is 1. The van der Waals surface area contributed by atoms with Crippen LogP contribution in [0.25, 0.3) is 0 Å². The summed E-state index contributed by atoms with van der Waals surface area (Å²) in [4.78, 5) is 38.0. The maximum Gasteiger partial charge on any atom is 0.311 e. The summed E-state index contributed by atoms with van der Waals surface area (Å²) in [5.74, 6) is -0.352. The number of methoxy groups -OCH3 is 1. The van der Waals surface area contributed by atoms with Crippen LogP contribution in [0.1, 0.15) is 32.3 Å². The molecule has 1 aliphatic rings. The zero-order valence-electron chi connectivity index (χ0n) is 16.1. The van der Waals surface area contributed by atoms with Gasteiger partial charge in [0.05, 0.1) is 26.1 Å². The molecule has 148 valence electrons. The highest BCUT2D eigenvalue weighted by atomic mass is 16.5. The first-order valence-corrected chi connectivity index (χ1v) is 9.22. The maximum atomic E-state index is 12.5. The standard InChI is InChI=1S/C20H27NO6/c1-4-26-20(24)16-9-11-21(12-10-16)19(23)14(2)27-18(22)13-15-5-7-17(25-3)8-6-15/h5-8,14,16H,4,9-13H2,1-3H3. The molecule has 1 heterocycles. The van der Waals surface area contributed by atoms with Gasteiger partial charge >= 0.3 is 11.9 Å². The van der Waals surface area contributed by atoms with Crippen LogP contribution >= 0.6 is 0 Å². The van der Waals surface area contributed by atoms with E-state index in [1.54, 1.807) is 50.1 Å². The van der Waals surface area contributed by atoms with Gasteiger partial charge in [0.25, 0.3) is 5.91 Å². The summed E-state index contributed by atoms with van der Waals surface area (Å²) in [5, 5.41) is 0. The molecular formula is C20H27NO6. The van der Waals surface area contributed by atoms with E-state index in [4.69, 9.17) is 14.2 Å². The number of hydrogen-bond donors (Lipinski definition) is 0. The molecule has 1 amide bonds. The molecule has 0 N–H and O–H groups in total. The van der Waals surface area contributed by atoms with Crippen molar-refractivity contribution in [2.75, 3.05) is 26.8 Å². The Labute approximate surface area is 159 Å². The third-order valence-electron chi connectivity index (χ3n) is 4.59. The molecule has 0 saturated carbocycles. The summed E-state index contributed by atoms with van der Waals surface area (Å²) in [5.41, 5.74) is 0.788. The highest BCUT2D eigenvalue weighted by Gasteiger charge is 2.31. The minimum Gasteiger partial charge on any atom is -0.497 e. The first kappa shape index (κ1) is 20.7. The van der Waals surface area contributed by atoms with Crippen LogP contribution in [0.3, 0.4) is 0 Å². The predicted octanol–water partition coefficient (Wildman–Crippen LogP) is 1.97. The first-order valence-electron chi connectivity index (χ1n) is 9.22. The van der Waals surface area contributed by atoms with E-state index in [2.05, 4.69) is 0 Å². The third-order valence-corrected chi connectivity index (χ3v) is 4.59. The van der Waals surface area contributed by atoms with Crippen molar-refractivity contribution in [3.05, 3.63) is 29.8 Å². The number of carbonyl (C=O) groups excluding carboxylic acids is 3. The third kappa shape index (κ3) is 5.98. The molecule has 1 aromatic carbocycles. The smallest absolute Gasteiger partial charge is 0.311 e. The lowest BCUT2D eigenvalue weighted by Crippen LogP contribution is -2.45. The van der Waals surface area contributed by atoms with Gasteiger partial charge in [0.1, 0.15) is 5.75 Å². The fraction of sp³-hybridized carbons (Fsp3) is 0.550. The van der Waals surface area contributed by atoms with Gasteiger partial charge in [-0.3, -0.25) is 14.4 Å². The van der Waals surface area contributed by atoms with Gasteiger partial charge in [0, 0.05) is 13.1 Å². The van der Waals surface area contributed by atoms with Crippen molar-refractivity contribution >= 4 is 17.8 Å². The second-order valence-electron chi connectivity index (χ2n) is 6.51. The summed E-state index contributed by atoms with van der Waals surface area (Å²) < 4.78 is 15.4. The summed E-state index contributed by atoms with van der Waals surface area (Å²) in [7, 11) is 1.58. The molecule has 1 aromatic rings. The van der Waals surface area contributed by atoms with E-state index in [1.165, 1.54) is 0 Å². The molecule has 7 nitrogen and oxygen atoms in total. The summed E-state index contributed by atoms with van der Waals surface area (Å²) in [6, 6.07) is 7.11. The van der Waals surface area contributed by atoms with Crippen molar-refractivity contribution in [1.82, 2.24) is 4.90 Å². The van der Waals surface area contributed by atoms with E-state index in [0.29, 0.717) is 38.3 Å². The van der Waals surface area contributed by atoms with E-state index in [0.717, 1.165) is 5.56 Å². The summed E-state index contributed by atoms with van der Waals surface area (Å²) >= 11 is 0. The average molecular weight is 377 g/mol. The number of ether oxygens (including phenoxy) is 3. The average Bonchev–Trinajstić information content (AvgIpc) is 2.68. The van der Waals surface area contributed by atoms with Crippen molar-refractivity contribution in [2.45, 2.75) is 39.2 Å². The number of esters is 2. The number of piperidine rings is 1. The highest BCUT2D eigenvalue weighted by molar-refractivity contribution is 5.84. The first-order chi connectivity index (χ1) is 12.9. The Morgan fingerprint density at radius 1 is 1.15 bits per heavy atom. The molecule has 0 spiro atoms. The molecule has 2 rings (SSSR count). The monoisotopic (exact) mass is 377 g/mol. The topological polar surface area (TPSA) is 82.1 Å². The Bertz CT molecular complexity index is 649. The van der Waals surface area contributed by atoms with Gasteiger partial charge in [0.2, 0.25) is 0 Å². The predicted molar refractivity (Wildman–Crippen MR) is 98.2 cm³/mol. The molecule has 1 aliphatic heterocycles. The zero-order chi connectivity index (χ0) is 19.8. The molecule has 27 heavy (non-hydrogen) atoms. The summed E-state index contributed by atoms with van der Waals surface area (Å²) in [6.45, 7) is 4.63. The Kier molecular flexibility index (Phi) is 7.64. The molecular weight excluding hydrogens is 350 g/mol. The van der Waals surface area contributed by atoms with Gasteiger partial charge in [0.15, 0.2) is 6.10 Å². The summed E-state index contributed by atoms with van der Waals surface area (Å²) in [6.07, 6.45) is 0.371. The van der Waals surface area contributed by atoms with Gasteiger partial charge < -0.3 is 19.1 Å². The second kappa shape index (κ2) is 9.94. The number of rotatable bonds is 7. The van der Waals surface area contributed by atoms with Crippen LogP contribution in [0.15, 0.2) is 24.3 Å². The molecule has 1 unspecified atom stereocenters. The normalized spacial score (nSPS) is 15.7. The number of likely N-dealkylation sites (tertiary alicyclic amines) is 1. The second-order valence-corrected chi connectivity index (χ2v) is 6.51. The molecule has 0 radical (unpaired) electrons. The van der Waals surface area contributed by atoms with Crippen molar-refractivity contribution in [2.24, 2.45) is 5.92 Å². The van der Waals surface area contributed by atoms with Crippen LogP contribution in [0, 0.1) is 5.92 Å². The lowest BCUT2D eigenvalue weighted by molar-refractivity contribution is -0.160. The van der Waals surface area contributed by atoms with Crippen LogP contribution in [-0.4, -0.2) is 55.7 Å². The number of hydrogen-bond acceptors (Lipinski definition) is 6. The quantitative estimate of drug-likeness (QED) is 0.676. The largest absolute Gasteiger partial charge is 0.497 e. The van der Waals surface area contributed by atoms with Crippen molar-refractivity contribution in [3.63, 3.8) is 0 Å². The Morgan fingerprint density at radius 2 is 1.78 bits per heavy atom. The van der Waals surface area contributed by atoms with E-state index in [-0.39, 0.29) is 24.2 Å². The number of benzene rings is 1. The molecule has 1 fully saturated rings. The van der Waals surface area contributed by atoms with E-state index >= 15 is 0 Å². The van der Waals surface area contributed by atoms with Crippen molar-refractivity contribution < 1.29 is 28.6 Å². The lowest BCUT2D eigenvalue weighted by atomic mass is 9.97. The number of amides is 1. The minimum atomic E-state index is -0.852. The van der Waals surface area contributed by atoms with Gasteiger partial charge in [-0.25, -0.2) is 0 Å². The molecule has 0 aliphatic carbocycles. The lowest BCUT2D eigenvalue weighted by Gasteiger charge is -2.32. The van der Waals surface area contributed by atoms with Crippen LogP contribution < -0.4 is 4.74 Å². The molecule has 0 aromatic heterocycles.